The molecule has 0 aliphatic carbocycles. The molecule has 6 nitrogen and oxygen atoms in total. The molecule has 0 spiro atoms. The van der Waals surface area contributed by atoms with Crippen molar-refractivity contribution < 1.29 is 18.5 Å². The number of allylic oxidation sites excluding steroid dienone is 1. The Morgan fingerprint density at radius 3 is 2.44 bits per heavy atom. The fraction of sp³-hybridized carbons (Fsp3) is 0.621. The van der Waals surface area contributed by atoms with E-state index in [1.54, 1.807) is 0 Å². The molecule has 3 rings (SSSR count). The molecule has 36 heavy (non-hydrogen) atoms. The lowest BCUT2D eigenvalue weighted by Gasteiger charge is -2.36. The van der Waals surface area contributed by atoms with E-state index in [1.807, 2.05) is 44.7 Å². The minimum Gasteiger partial charge on any atom is -0.543 e. The second-order valence-electron chi connectivity index (χ2n) is 12.4. The van der Waals surface area contributed by atoms with Crippen molar-refractivity contribution >= 4 is 31.5 Å². The average Bonchev–Trinajstić information content (AvgIpc) is 3.18. The molecule has 0 unspecified atom stereocenters. The number of rotatable bonds is 6. The summed E-state index contributed by atoms with van der Waals surface area (Å²) in [6.07, 6.45) is 7.44. The SMILES string of the molecule is CC=C=Cc1c(O[Si](C)(C)C(C)(C)C)ccc2c(CCC3CCN(C(=O)OC(C)(C)C)CC3)noc12. The van der Waals surface area contributed by atoms with Crippen LogP contribution in [0.15, 0.2) is 28.5 Å². The lowest BCUT2D eigenvalue weighted by atomic mass is 9.91. The first kappa shape index (κ1) is 28.1. The number of carbonyl (C=O) groups is 1. The number of ether oxygens (including phenoxy) is 1. The summed E-state index contributed by atoms with van der Waals surface area (Å²) in [6.45, 7) is 20.4. The van der Waals surface area contributed by atoms with Crippen molar-refractivity contribution in [1.29, 1.82) is 0 Å². The molecule has 1 aliphatic heterocycles. The summed E-state index contributed by atoms with van der Waals surface area (Å²) in [6, 6.07) is 4.15. The molecule has 0 atom stereocenters. The van der Waals surface area contributed by atoms with E-state index in [-0.39, 0.29) is 11.1 Å². The smallest absolute Gasteiger partial charge is 0.410 e. The second kappa shape index (κ2) is 10.9. The van der Waals surface area contributed by atoms with Crippen LogP contribution in [-0.2, 0) is 11.2 Å². The first-order valence-electron chi connectivity index (χ1n) is 13.2. The van der Waals surface area contributed by atoms with Gasteiger partial charge in [0, 0.05) is 18.5 Å². The van der Waals surface area contributed by atoms with Crippen LogP contribution in [0.4, 0.5) is 4.79 Å². The Labute approximate surface area is 217 Å². The topological polar surface area (TPSA) is 64.8 Å². The standard InChI is InChI=1S/C29H44N2O4Si/c1-10-11-12-23-25(35-36(8,9)29(5,6)7)16-14-22-24(30-34-26(22)23)15-13-21-17-19-31(20-18-21)27(32)33-28(2,3)4/h10,12,14,16,21H,13,15,17-20H2,1-9H3. The van der Waals surface area contributed by atoms with Crippen LogP contribution in [0.25, 0.3) is 17.0 Å². The maximum absolute atomic E-state index is 12.4. The number of benzene rings is 1. The van der Waals surface area contributed by atoms with Crippen molar-refractivity contribution in [2.45, 2.75) is 97.9 Å². The fourth-order valence-electron chi connectivity index (χ4n) is 4.13. The van der Waals surface area contributed by atoms with E-state index in [0.29, 0.717) is 5.92 Å². The summed E-state index contributed by atoms with van der Waals surface area (Å²) < 4.78 is 18.1. The van der Waals surface area contributed by atoms with Gasteiger partial charge in [0.25, 0.3) is 8.32 Å². The lowest BCUT2D eigenvalue weighted by molar-refractivity contribution is 0.0181. The number of likely N-dealkylation sites (tertiary alicyclic amines) is 1. The predicted molar refractivity (Wildman–Crippen MR) is 149 cm³/mol. The molecule has 0 N–H and O–H groups in total. The zero-order chi connectivity index (χ0) is 26.7. The summed E-state index contributed by atoms with van der Waals surface area (Å²) in [5, 5.41) is 5.58. The molecule has 2 heterocycles. The maximum atomic E-state index is 12.4. The Balaban J connectivity index is 1.72. The number of amides is 1. The van der Waals surface area contributed by atoms with E-state index < -0.39 is 13.9 Å². The van der Waals surface area contributed by atoms with Crippen LogP contribution in [0, 0.1) is 5.92 Å². The quantitative estimate of drug-likeness (QED) is 0.290. The summed E-state index contributed by atoms with van der Waals surface area (Å²) in [7, 11) is -2.02. The number of hydrogen-bond acceptors (Lipinski definition) is 5. The Hall–Kier alpha value is -2.50. The molecule has 0 radical (unpaired) electrons. The third-order valence-electron chi connectivity index (χ3n) is 7.34. The molecule has 0 bridgehead atoms. The zero-order valence-corrected chi connectivity index (χ0v) is 24.7. The van der Waals surface area contributed by atoms with Crippen molar-refractivity contribution in [3.05, 3.63) is 35.2 Å². The Kier molecular flexibility index (Phi) is 8.47. The normalized spacial score (nSPS) is 15.5. The number of hydrogen-bond donors (Lipinski definition) is 0. The van der Waals surface area contributed by atoms with E-state index in [0.717, 1.165) is 66.7 Å². The van der Waals surface area contributed by atoms with Crippen LogP contribution < -0.4 is 4.43 Å². The molecule has 1 amide bonds. The van der Waals surface area contributed by atoms with Gasteiger partial charge in [0.1, 0.15) is 11.4 Å². The van der Waals surface area contributed by atoms with Crippen molar-refractivity contribution in [3.63, 3.8) is 0 Å². The predicted octanol–water partition coefficient (Wildman–Crippen LogP) is 7.98. The average molecular weight is 513 g/mol. The first-order chi connectivity index (χ1) is 16.7. The molecule has 1 saturated heterocycles. The zero-order valence-electron chi connectivity index (χ0n) is 23.7. The van der Waals surface area contributed by atoms with E-state index in [1.165, 1.54) is 0 Å². The van der Waals surface area contributed by atoms with E-state index in [9.17, 15) is 4.79 Å². The number of aryl methyl sites for hydroxylation is 1. The number of piperidine rings is 1. The fourth-order valence-corrected chi connectivity index (χ4v) is 5.16. The Bertz CT molecular complexity index is 1120. The van der Waals surface area contributed by atoms with Crippen molar-refractivity contribution in [1.82, 2.24) is 10.1 Å². The molecular weight excluding hydrogens is 468 g/mol. The summed E-state index contributed by atoms with van der Waals surface area (Å²) >= 11 is 0. The Morgan fingerprint density at radius 2 is 1.86 bits per heavy atom. The van der Waals surface area contributed by atoms with Gasteiger partial charge in [-0.05, 0) is 102 Å². The van der Waals surface area contributed by atoms with Gasteiger partial charge >= 0.3 is 6.09 Å². The molecule has 7 heteroatoms. The van der Waals surface area contributed by atoms with Gasteiger partial charge in [-0.3, -0.25) is 0 Å². The van der Waals surface area contributed by atoms with Gasteiger partial charge in [0.15, 0.2) is 5.58 Å². The number of fused-ring (bicyclic) bond motifs is 1. The van der Waals surface area contributed by atoms with Crippen molar-refractivity contribution in [2.75, 3.05) is 13.1 Å². The van der Waals surface area contributed by atoms with Gasteiger partial charge in [0.05, 0.1) is 11.3 Å². The van der Waals surface area contributed by atoms with Crippen molar-refractivity contribution in [3.8, 4) is 5.75 Å². The van der Waals surface area contributed by atoms with Gasteiger partial charge in [-0.1, -0.05) is 25.9 Å². The van der Waals surface area contributed by atoms with Crippen LogP contribution >= 0.6 is 0 Å². The number of aromatic nitrogens is 1. The minimum absolute atomic E-state index is 0.0924. The third-order valence-corrected chi connectivity index (χ3v) is 11.7. The van der Waals surface area contributed by atoms with Crippen LogP contribution in [0.2, 0.25) is 18.1 Å². The highest BCUT2D eigenvalue weighted by Crippen LogP contribution is 2.40. The molecule has 1 aromatic heterocycles. The van der Waals surface area contributed by atoms with Gasteiger partial charge in [-0.15, -0.1) is 5.73 Å². The summed E-state index contributed by atoms with van der Waals surface area (Å²) in [5.41, 5.74) is 5.38. The molecule has 198 valence electrons. The highest BCUT2D eigenvalue weighted by atomic mass is 28.4. The highest BCUT2D eigenvalue weighted by Gasteiger charge is 2.39. The maximum Gasteiger partial charge on any atom is 0.410 e. The van der Waals surface area contributed by atoms with Crippen LogP contribution in [0.1, 0.15) is 79.0 Å². The molecule has 2 aromatic rings. The second-order valence-corrected chi connectivity index (χ2v) is 17.1. The molecular formula is C29H44N2O4Si. The molecule has 1 aliphatic rings. The van der Waals surface area contributed by atoms with E-state index >= 15 is 0 Å². The van der Waals surface area contributed by atoms with Crippen molar-refractivity contribution in [2.24, 2.45) is 5.92 Å². The van der Waals surface area contributed by atoms with E-state index in [4.69, 9.17) is 13.7 Å². The molecule has 1 fully saturated rings. The molecule has 0 saturated carbocycles. The largest absolute Gasteiger partial charge is 0.543 e. The summed E-state index contributed by atoms with van der Waals surface area (Å²) in [5.74, 6) is 1.39. The minimum atomic E-state index is -2.02. The van der Waals surface area contributed by atoms with Gasteiger partial charge in [0.2, 0.25) is 0 Å². The van der Waals surface area contributed by atoms with E-state index in [2.05, 4.69) is 56.9 Å². The summed E-state index contributed by atoms with van der Waals surface area (Å²) in [4.78, 5) is 14.2. The Morgan fingerprint density at radius 1 is 1.19 bits per heavy atom. The number of nitrogens with zero attached hydrogens (tertiary/aromatic N) is 2. The van der Waals surface area contributed by atoms with Gasteiger partial charge in [-0.2, -0.15) is 0 Å². The molecule has 1 aromatic carbocycles. The monoisotopic (exact) mass is 512 g/mol. The van der Waals surface area contributed by atoms with Gasteiger partial charge < -0.3 is 18.6 Å². The number of carbonyl (C=O) groups excluding carboxylic acids is 1. The highest BCUT2D eigenvalue weighted by molar-refractivity contribution is 6.74. The lowest BCUT2D eigenvalue weighted by Crippen LogP contribution is -2.44. The van der Waals surface area contributed by atoms with Crippen LogP contribution in [0.5, 0.6) is 5.75 Å². The van der Waals surface area contributed by atoms with Crippen LogP contribution in [0.3, 0.4) is 0 Å². The third kappa shape index (κ3) is 6.83. The van der Waals surface area contributed by atoms with Gasteiger partial charge in [-0.25, -0.2) is 4.79 Å². The van der Waals surface area contributed by atoms with Crippen LogP contribution in [-0.4, -0.2) is 43.2 Å². The first-order valence-corrected chi connectivity index (χ1v) is 16.1.